The summed E-state index contributed by atoms with van der Waals surface area (Å²) >= 11 is 1.70. The third-order valence-corrected chi connectivity index (χ3v) is 10.2. The van der Waals surface area contributed by atoms with Crippen LogP contribution in [0.15, 0.2) is 152 Å². The average Bonchev–Trinajstić information content (AvgIpc) is 3.60. The SMILES string of the molecule is [Pt+2].[c-]1c(Oc2ccccn2)ccc2c1B1c3[c-]c(-c4nc5ccccc5s4)ccc3N(c3ccccc3)c3cccc(c31)N2c1ccccc1. The molecule has 10 rings (SSSR count). The van der Waals surface area contributed by atoms with Crippen LogP contribution in [-0.2, 0) is 21.1 Å². The van der Waals surface area contributed by atoms with Crippen LogP contribution in [0.2, 0.25) is 0 Å². The molecule has 0 saturated carbocycles. The van der Waals surface area contributed by atoms with E-state index in [-0.39, 0.29) is 27.8 Å². The van der Waals surface area contributed by atoms with Crippen LogP contribution in [0, 0.1) is 12.1 Å². The number of nitrogens with zero attached hydrogens (tertiary/aromatic N) is 4. The van der Waals surface area contributed by atoms with Crippen molar-refractivity contribution in [1.82, 2.24) is 9.97 Å². The van der Waals surface area contributed by atoms with Crippen LogP contribution in [0.3, 0.4) is 0 Å². The van der Waals surface area contributed by atoms with Crippen LogP contribution in [0.5, 0.6) is 11.6 Å². The Morgan fingerprint density at radius 2 is 1.22 bits per heavy atom. The minimum Gasteiger partial charge on any atom is -0.466 e. The summed E-state index contributed by atoms with van der Waals surface area (Å²) in [7, 11) is 0. The van der Waals surface area contributed by atoms with Gasteiger partial charge >= 0.3 is 21.1 Å². The van der Waals surface area contributed by atoms with Gasteiger partial charge in [0.25, 0.3) is 0 Å². The Labute approximate surface area is 308 Å². The van der Waals surface area contributed by atoms with Gasteiger partial charge in [-0.15, -0.1) is 47.4 Å². The molecule has 2 aliphatic rings. The Balaban J connectivity index is 0.00000336. The van der Waals surface area contributed by atoms with Crippen molar-refractivity contribution in [3.63, 3.8) is 0 Å². The summed E-state index contributed by atoms with van der Waals surface area (Å²) in [5, 5.41) is 0.951. The average molecular weight is 840 g/mol. The number of aromatic nitrogens is 2. The van der Waals surface area contributed by atoms with E-state index in [2.05, 4.69) is 142 Å². The first-order chi connectivity index (χ1) is 24.3. The van der Waals surface area contributed by atoms with E-state index in [1.165, 1.54) is 5.46 Å². The van der Waals surface area contributed by atoms with Crippen LogP contribution >= 0.6 is 11.3 Å². The van der Waals surface area contributed by atoms with Gasteiger partial charge < -0.3 is 14.5 Å². The van der Waals surface area contributed by atoms with E-state index >= 15 is 0 Å². The molecular weight excluding hydrogens is 814 g/mol. The number of ether oxygens (including phenoxy) is 1. The van der Waals surface area contributed by atoms with E-state index in [1.54, 1.807) is 17.5 Å². The predicted octanol–water partition coefficient (Wildman–Crippen LogP) is 8.83. The maximum absolute atomic E-state index is 6.31. The van der Waals surface area contributed by atoms with Gasteiger partial charge in [0, 0.05) is 50.5 Å². The minimum absolute atomic E-state index is 0. The molecule has 8 aromatic rings. The van der Waals surface area contributed by atoms with E-state index < -0.39 is 0 Å². The number of benzene rings is 6. The number of fused-ring (bicyclic) bond motifs is 5. The second-order valence-corrected chi connectivity index (χ2v) is 13.1. The van der Waals surface area contributed by atoms with Gasteiger partial charge in [-0.1, -0.05) is 66.4 Å². The normalized spacial score (nSPS) is 12.5. The summed E-state index contributed by atoms with van der Waals surface area (Å²) in [6, 6.07) is 57.9. The third-order valence-electron chi connectivity index (χ3n) is 9.17. The zero-order valence-corrected chi connectivity index (χ0v) is 29.5. The van der Waals surface area contributed by atoms with Crippen molar-refractivity contribution >= 4 is 78.8 Å². The summed E-state index contributed by atoms with van der Waals surface area (Å²) in [5.41, 5.74) is 11.8. The van der Waals surface area contributed by atoms with E-state index in [9.17, 15) is 0 Å². The quantitative estimate of drug-likeness (QED) is 0.128. The Morgan fingerprint density at radius 1 is 0.580 bits per heavy atom. The number of pyridine rings is 1. The van der Waals surface area contributed by atoms with Crippen molar-refractivity contribution in [2.75, 3.05) is 9.80 Å². The maximum atomic E-state index is 6.31. The van der Waals surface area contributed by atoms with Crippen molar-refractivity contribution < 1.29 is 25.8 Å². The fourth-order valence-corrected chi connectivity index (χ4v) is 8.08. The van der Waals surface area contributed by atoms with Crippen molar-refractivity contribution in [3.05, 3.63) is 164 Å². The van der Waals surface area contributed by atoms with Crippen LogP contribution < -0.4 is 30.9 Å². The van der Waals surface area contributed by atoms with Crippen LogP contribution in [0.1, 0.15) is 0 Å². The third kappa shape index (κ3) is 4.96. The first-order valence-corrected chi connectivity index (χ1v) is 17.0. The molecule has 0 spiro atoms. The van der Waals surface area contributed by atoms with Crippen molar-refractivity contribution in [2.24, 2.45) is 0 Å². The minimum atomic E-state index is -0.169. The van der Waals surface area contributed by atoms with Gasteiger partial charge in [0.2, 0.25) is 12.6 Å². The molecular formula is C42H25BN4OPtS. The van der Waals surface area contributed by atoms with Crippen molar-refractivity contribution in [2.45, 2.75) is 0 Å². The molecule has 0 radical (unpaired) electrons. The van der Waals surface area contributed by atoms with Gasteiger partial charge in [0.15, 0.2) is 0 Å². The zero-order valence-electron chi connectivity index (χ0n) is 26.4. The molecule has 0 saturated heterocycles. The fraction of sp³-hybridized carbons (Fsp3) is 0. The van der Waals surface area contributed by atoms with E-state index in [4.69, 9.17) is 9.72 Å². The fourth-order valence-electron chi connectivity index (χ4n) is 7.14. The molecule has 50 heavy (non-hydrogen) atoms. The molecule has 238 valence electrons. The Hall–Kier alpha value is -5.49. The smallest absolute Gasteiger partial charge is 0.466 e. The predicted molar refractivity (Wildman–Crippen MR) is 201 cm³/mol. The topological polar surface area (TPSA) is 41.5 Å². The first kappa shape index (κ1) is 30.6. The van der Waals surface area contributed by atoms with Gasteiger partial charge in [0.05, 0.1) is 5.52 Å². The van der Waals surface area contributed by atoms with Crippen LogP contribution in [0.25, 0.3) is 20.8 Å². The second-order valence-electron chi connectivity index (χ2n) is 12.0. The standard InChI is InChI=1S/C42H25BN4OS.Pt/c1-3-12-29(13-4-1)46-35-23-21-28(42-45-34-16-7-8-19-39(34)49-42)26-32(35)43-33-27-31(48-40-20-9-10-25-44-40)22-24-36(33)47(30-14-5-2-6-15-30)38-18-11-17-37(46)41(38)43;/h1-25H;/q-2;+2. The molecule has 6 aromatic carbocycles. The van der Waals surface area contributed by atoms with Gasteiger partial charge in [-0.05, 0) is 65.7 Å². The molecule has 0 unspecified atom stereocenters. The molecule has 4 heterocycles. The van der Waals surface area contributed by atoms with E-state index in [0.717, 1.165) is 65.8 Å². The molecule has 0 fully saturated rings. The molecule has 0 aliphatic carbocycles. The number of hydrogen-bond donors (Lipinski definition) is 0. The van der Waals surface area contributed by atoms with Crippen molar-refractivity contribution in [3.8, 4) is 22.2 Å². The Kier molecular flexibility index (Phi) is 7.60. The second kappa shape index (κ2) is 12.4. The molecule has 0 N–H and O–H groups in total. The number of para-hydroxylation sites is 3. The number of hydrogen-bond acceptors (Lipinski definition) is 6. The van der Waals surface area contributed by atoms with Gasteiger partial charge in [-0.3, -0.25) is 4.98 Å². The van der Waals surface area contributed by atoms with Crippen molar-refractivity contribution in [1.29, 1.82) is 0 Å². The largest absolute Gasteiger partial charge is 2.00 e. The van der Waals surface area contributed by atoms with Gasteiger partial charge in [-0.2, -0.15) is 16.8 Å². The summed E-state index contributed by atoms with van der Waals surface area (Å²) in [5.74, 6) is 1.14. The molecule has 5 nitrogen and oxygen atoms in total. The van der Waals surface area contributed by atoms with E-state index in [1.807, 2.05) is 30.3 Å². The molecule has 0 atom stereocenters. The number of thiazole rings is 1. The molecule has 0 amide bonds. The number of anilines is 6. The molecule has 2 aromatic heterocycles. The molecule has 2 aliphatic heterocycles. The van der Waals surface area contributed by atoms with Crippen LogP contribution in [-0.4, -0.2) is 16.7 Å². The molecule has 8 heteroatoms. The maximum Gasteiger partial charge on any atom is 2.00 e. The molecule has 0 bridgehead atoms. The first-order valence-electron chi connectivity index (χ1n) is 16.2. The summed E-state index contributed by atoms with van der Waals surface area (Å²) in [4.78, 5) is 14.2. The summed E-state index contributed by atoms with van der Waals surface area (Å²) < 4.78 is 7.47. The van der Waals surface area contributed by atoms with Gasteiger partial charge in [-0.25, -0.2) is 4.98 Å². The Bertz CT molecular complexity index is 2460. The van der Waals surface area contributed by atoms with Crippen LogP contribution in [0.4, 0.5) is 34.1 Å². The zero-order chi connectivity index (χ0) is 32.3. The summed E-state index contributed by atoms with van der Waals surface area (Å²) in [6.45, 7) is -0.169. The Morgan fingerprint density at radius 3 is 1.90 bits per heavy atom. The van der Waals surface area contributed by atoms with Gasteiger partial charge in [0.1, 0.15) is 0 Å². The number of rotatable bonds is 5. The summed E-state index contributed by atoms with van der Waals surface area (Å²) in [6.07, 6.45) is 1.74. The monoisotopic (exact) mass is 839 g/mol. The van der Waals surface area contributed by atoms with E-state index in [0.29, 0.717) is 11.6 Å².